The fourth-order valence-electron chi connectivity index (χ4n) is 1.54. The number of carbonyl (C=O) groups is 2. The Morgan fingerprint density at radius 2 is 1.78 bits per heavy atom. The summed E-state index contributed by atoms with van der Waals surface area (Å²) < 4.78 is 0. The lowest BCUT2D eigenvalue weighted by Gasteiger charge is -2.05. The van der Waals surface area contributed by atoms with Crippen molar-refractivity contribution in [1.29, 1.82) is 0 Å². The zero-order valence-corrected chi connectivity index (χ0v) is 11.0. The van der Waals surface area contributed by atoms with Gasteiger partial charge in [-0.3, -0.25) is 9.59 Å². The van der Waals surface area contributed by atoms with Gasteiger partial charge in [-0.15, -0.1) is 0 Å². The lowest BCUT2D eigenvalue weighted by atomic mass is 10.1. The number of amides is 2. The number of unbranched alkanes of at least 4 members (excludes halogenated alkanes) is 1. The summed E-state index contributed by atoms with van der Waals surface area (Å²) >= 11 is 0. The second-order valence-corrected chi connectivity index (χ2v) is 4.25. The van der Waals surface area contributed by atoms with Crippen molar-refractivity contribution in [2.24, 2.45) is 0 Å². The zero-order chi connectivity index (χ0) is 13.4. The van der Waals surface area contributed by atoms with Crippen LogP contribution in [-0.2, 0) is 4.79 Å². The van der Waals surface area contributed by atoms with E-state index in [2.05, 4.69) is 10.6 Å². The SMILES string of the molecule is CNC(=O)CCCCNC(=O)c1ccc(C)cc1. The fourth-order valence-corrected chi connectivity index (χ4v) is 1.54. The van der Waals surface area contributed by atoms with Gasteiger partial charge in [-0.05, 0) is 31.9 Å². The Morgan fingerprint density at radius 3 is 2.39 bits per heavy atom. The van der Waals surface area contributed by atoms with Crippen LogP contribution in [0.2, 0.25) is 0 Å². The van der Waals surface area contributed by atoms with Crippen LogP contribution < -0.4 is 10.6 Å². The van der Waals surface area contributed by atoms with E-state index in [9.17, 15) is 9.59 Å². The molecule has 0 saturated heterocycles. The Kier molecular flexibility index (Phi) is 5.91. The van der Waals surface area contributed by atoms with Crippen LogP contribution in [0, 0.1) is 6.92 Å². The number of carbonyl (C=O) groups excluding carboxylic acids is 2. The maximum Gasteiger partial charge on any atom is 0.251 e. The third-order valence-electron chi connectivity index (χ3n) is 2.71. The minimum absolute atomic E-state index is 0.0415. The van der Waals surface area contributed by atoms with Crippen LogP contribution in [0.3, 0.4) is 0 Å². The van der Waals surface area contributed by atoms with E-state index in [-0.39, 0.29) is 11.8 Å². The monoisotopic (exact) mass is 248 g/mol. The molecule has 0 spiro atoms. The maximum atomic E-state index is 11.7. The van der Waals surface area contributed by atoms with E-state index < -0.39 is 0 Å². The average Bonchev–Trinajstić information content (AvgIpc) is 2.38. The van der Waals surface area contributed by atoms with E-state index in [0.29, 0.717) is 18.5 Å². The average molecular weight is 248 g/mol. The van der Waals surface area contributed by atoms with Crippen molar-refractivity contribution in [2.75, 3.05) is 13.6 Å². The van der Waals surface area contributed by atoms with Gasteiger partial charge in [0.15, 0.2) is 0 Å². The highest BCUT2D eigenvalue weighted by atomic mass is 16.2. The molecule has 4 nitrogen and oxygen atoms in total. The molecule has 0 fully saturated rings. The maximum absolute atomic E-state index is 11.7. The van der Waals surface area contributed by atoms with E-state index in [1.807, 2.05) is 31.2 Å². The van der Waals surface area contributed by atoms with Gasteiger partial charge in [-0.2, -0.15) is 0 Å². The molecule has 0 radical (unpaired) electrons. The van der Waals surface area contributed by atoms with Crippen LogP contribution in [0.4, 0.5) is 0 Å². The number of aryl methyl sites for hydroxylation is 1. The van der Waals surface area contributed by atoms with Gasteiger partial charge in [-0.1, -0.05) is 17.7 Å². The van der Waals surface area contributed by atoms with Crippen LogP contribution in [0.25, 0.3) is 0 Å². The van der Waals surface area contributed by atoms with Crippen LogP contribution in [-0.4, -0.2) is 25.4 Å². The van der Waals surface area contributed by atoms with Gasteiger partial charge < -0.3 is 10.6 Å². The Bertz CT molecular complexity index is 399. The molecule has 0 aliphatic heterocycles. The summed E-state index contributed by atoms with van der Waals surface area (Å²) in [5.41, 5.74) is 1.81. The number of benzene rings is 1. The second-order valence-electron chi connectivity index (χ2n) is 4.25. The smallest absolute Gasteiger partial charge is 0.251 e. The molecule has 2 amide bonds. The summed E-state index contributed by atoms with van der Waals surface area (Å²) in [6.45, 7) is 2.59. The van der Waals surface area contributed by atoms with Gasteiger partial charge in [0.05, 0.1) is 0 Å². The molecule has 18 heavy (non-hydrogen) atoms. The third kappa shape index (κ3) is 4.99. The van der Waals surface area contributed by atoms with Crippen molar-refractivity contribution in [3.63, 3.8) is 0 Å². The molecule has 0 aromatic heterocycles. The molecule has 0 bridgehead atoms. The molecule has 2 N–H and O–H groups in total. The van der Waals surface area contributed by atoms with Crippen LogP contribution in [0.5, 0.6) is 0 Å². The Morgan fingerprint density at radius 1 is 1.11 bits per heavy atom. The van der Waals surface area contributed by atoms with Crippen LogP contribution in [0.15, 0.2) is 24.3 Å². The predicted molar refractivity (Wildman–Crippen MR) is 71.4 cm³/mol. The number of hydrogen-bond donors (Lipinski definition) is 2. The topological polar surface area (TPSA) is 58.2 Å². The first kappa shape index (κ1) is 14.2. The Balaban J connectivity index is 2.21. The molecular weight excluding hydrogens is 228 g/mol. The summed E-state index contributed by atoms with van der Waals surface area (Å²) in [6.07, 6.45) is 2.11. The van der Waals surface area contributed by atoms with Gasteiger partial charge in [-0.25, -0.2) is 0 Å². The molecule has 1 aromatic rings. The van der Waals surface area contributed by atoms with Crippen molar-refractivity contribution in [3.05, 3.63) is 35.4 Å². The lowest BCUT2D eigenvalue weighted by molar-refractivity contribution is -0.120. The third-order valence-corrected chi connectivity index (χ3v) is 2.71. The van der Waals surface area contributed by atoms with Gasteiger partial charge in [0, 0.05) is 25.6 Å². The highest BCUT2D eigenvalue weighted by Gasteiger charge is 2.04. The van der Waals surface area contributed by atoms with Crippen LogP contribution in [0.1, 0.15) is 35.2 Å². The van der Waals surface area contributed by atoms with Gasteiger partial charge in [0.2, 0.25) is 5.91 Å². The first-order valence-corrected chi connectivity index (χ1v) is 6.19. The largest absolute Gasteiger partial charge is 0.359 e. The summed E-state index contributed by atoms with van der Waals surface area (Å²) in [7, 11) is 1.63. The molecule has 0 unspecified atom stereocenters. The van der Waals surface area contributed by atoms with Crippen LogP contribution >= 0.6 is 0 Å². The molecule has 4 heteroatoms. The van der Waals surface area contributed by atoms with Crippen molar-refractivity contribution in [1.82, 2.24) is 10.6 Å². The highest BCUT2D eigenvalue weighted by molar-refractivity contribution is 5.94. The van der Waals surface area contributed by atoms with E-state index in [0.717, 1.165) is 18.4 Å². The predicted octanol–water partition coefficient (Wildman–Crippen LogP) is 1.64. The Hall–Kier alpha value is -1.84. The highest BCUT2D eigenvalue weighted by Crippen LogP contribution is 2.03. The summed E-state index contributed by atoms with van der Waals surface area (Å²) in [4.78, 5) is 22.7. The normalized spacial score (nSPS) is 9.89. The number of nitrogens with one attached hydrogen (secondary N) is 2. The Labute approximate surface area is 108 Å². The van der Waals surface area contributed by atoms with Gasteiger partial charge >= 0.3 is 0 Å². The van der Waals surface area contributed by atoms with E-state index in [4.69, 9.17) is 0 Å². The molecule has 0 atom stereocenters. The number of rotatable bonds is 6. The summed E-state index contributed by atoms with van der Waals surface area (Å²) in [5.74, 6) is -0.0187. The van der Waals surface area contributed by atoms with Crippen molar-refractivity contribution in [2.45, 2.75) is 26.2 Å². The van der Waals surface area contributed by atoms with Gasteiger partial charge in [0.1, 0.15) is 0 Å². The number of hydrogen-bond acceptors (Lipinski definition) is 2. The molecule has 1 aromatic carbocycles. The minimum Gasteiger partial charge on any atom is -0.359 e. The molecule has 0 aliphatic rings. The van der Waals surface area contributed by atoms with Crippen molar-refractivity contribution < 1.29 is 9.59 Å². The van der Waals surface area contributed by atoms with E-state index in [1.54, 1.807) is 7.05 Å². The molecule has 0 aliphatic carbocycles. The molecule has 1 rings (SSSR count). The standard InChI is InChI=1S/C14H20N2O2/c1-11-6-8-12(9-7-11)14(18)16-10-4-3-5-13(17)15-2/h6-9H,3-5,10H2,1-2H3,(H,15,17)(H,16,18). The first-order valence-electron chi connectivity index (χ1n) is 6.19. The molecule has 98 valence electrons. The lowest BCUT2D eigenvalue weighted by Crippen LogP contribution is -2.25. The summed E-state index contributed by atoms with van der Waals surface area (Å²) in [6, 6.07) is 7.46. The molecule has 0 heterocycles. The zero-order valence-electron chi connectivity index (χ0n) is 11.0. The molecular formula is C14H20N2O2. The van der Waals surface area contributed by atoms with Crippen molar-refractivity contribution in [3.8, 4) is 0 Å². The minimum atomic E-state index is -0.0602. The van der Waals surface area contributed by atoms with Crippen molar-refractivity contribution >= 4 is 11.8 Å². The molecule has 0 saturated carbocycles. The first-order chi connectivity index (χ1) is 8.63. The summed E-state index contributed by atoms with van der Waals surface area (Å²) in [5, 5.41) is 5.41. The second kappa shape index (κ2) is 7.48. The van der Waals surface area contributed by atoms with E-state index in [1.165, 1.54) is 0 Å². The fraction of sp³-hybridized carbons (Fsp3) is 0.429. The van der Waals surface area contributed by atoms with Gasteiger partial charge in [0.25, 0.3) is 5.91 Å². The quantitative estimate of drug-likeness (QED) is 0.752. The van der Waals surface area contributed by atoms with E-state index >= 15 is 0 Å².